The van der Waals surface area contributed by atoms with E-state index >= 15 is 0 Å². The first-order valence-corrected chi connectivity index (χ1v) is 15.9. The van der Waals surface area contributed by atoms with Crippen molar-refractivity contribution in [2.45, 2.75) is 76.9 Å². The van der Waals surface area contributed by atoms with Gasteiger partial charge in [-0.1, -0.05) is 70.2 Å². The van der Waals surface area contributed by atoms with Gasteiger partial charge in [0.1, 0.15) is 18.3 Å². The zero-order valence-corrected chi connectivity index (χ0v) is 26.2. The Hall–Kier alpha value is -3.85. The number of carbonyl (C=O) groups excluding carboxylic acids is 2. The third kappa shape index (κ3) is 8.12. The second-order valence-electron chi connectivity index (χ2n) is 10.7. The number of nitrogens with zero attached hydrogens (tertiary/aromatic N) is 2. The van der Waals surface area contributed by atoms with Crippen LogP contribution in [-0.4, -0.2) is 50.9 Å². The number of carbonyl (C=O) groups is 2. The summed E-state index contributed by atoms with van der Waals surface area (Å²) in [4.78, 5) is 29.2. The van der Waals surface area contributed by atoms with Crippen LogP contribution in [0.3, 0.4) is 0 Å². The van der Waals surface area contributed by atoms with Gasteiger partial charge in [0.2, 0.25) is 11.8 Å². The Kier molecular flexibility index (Phi) is 11.6. The fourth-order valence-corrected chi connectivity index (χ4v) is 6.04. The van der Waals surface area contributed by atoms with E-state index in [-0.39, 0.29) is 29.3 Å². The molecule has 2 atom stereocenters. The molecule has 0 saturated carbocycles. The topological polar surface area (TPSA) is 96.0 Å². The number of methoxy groups -OCH3 is 1. The number of anilines is 1. The summed E-state index contributed by atoms with van der Waals surface area (Å²) in [6.07, 6.45) is 1.09. The maximum Gasteiger partial charge on any atom is 0.264 e. The maximum atomic E-state index is 14.2. The molecule has 0 heterocycles. The number of sulfonamides is 1. The predicted octanol–water partition coefficient (Wildman–Crippen LogP) is 5.74. The average Bonchev–Trinajstić information content (AvgIpc) is 3.00. The van der Waals surface area contributed by atoms with E-state index in [0.29, 0.717) is 17.9 Å². The standard InChI is InChI=1S/C33H43N3O5S/c1-7-25(5)34-33(38)31(8-2)35(22-26-13-12-14-29(21-26)41-6)32(37)23-36(28-19-17-27(18-20-28)24(3)4)42(39,40)30-15-10-9-11-16-30/h9-21,24-25,31H,7-8,22-23H2,1-6H3,(H,34,38)/t25-,31-/m1/s1. The molecule has 0 saturated heterocycles. The van der Waals surface area contributed by atoms with Gasteiger partial charge in [0.05, 0.1) is 17.7 Å². The second kappa shape index (κ2) is 14.9. The number of hydrogen-bond donors (Lipinski definition) is 1. The Bertz CT molecular complexity index is 1430. The lowest BCUT2D eigenvalue weighted by molar-refractivity contribution is -0.140. The van der Waals surface area contributed by atoms with Gasteiger partial charge in [-0.15, -0.1) is 0 Å². The number of ether oxygens (including phenoxy) is 1. The van der Waals surface area contributed by atoms with Gasteiger partial charge in [-0.25, -0.2) is 8.42 Å². The van der Waals surface area contributed by atoms with Gasteiger partial charge in [-0.3, -0.25) is 13.9 Å². The zero-order chi connectivity index (χ0) is 30.9. The molecule has 226 valence electrons. The van der Waals surface area contributed by atoms with E-state index in [1.165, 1.54) is 17.0 Å². The minimum Gasteiger partial charge on any atom is -0.497 e. The highest BCUT2D eigenvalue weighted by molar-refractivity contribution is 7.92. The van der Waals surface area contributed by atoms with Crippen LogP contribution in [0.5, 0.6) is 5.75 Å². The van der Waals surface area contributed by atoms with E-state index in [4.69, 9.17) is 4.74 Å². The Morgan fingerprint density at radius 1 is 0.881 bits per heavy atom. The molecule has 0 fully saturated rings. The summed E-state index contributed by atoms with van der Waals surface area (Å²) in [5, 5.41) is 2.99. The van der Waals surface area contributed by atoms with Crippen LogP contribution in [0.1, 0.15) is 64.5 Å². The average molecular weight is 594 g/mol. The smallest absolute Gasteiger partial charge is 0.264 e. The van der Waals surface area contributed by atoms with Gasteiger partial charge in [0.15, 0.2) is 0 Å². The van der Waals surface area contributed by atoms with Crippen molar-refractivity contribution in [3.05, 3.63) is 90.0 Å². The van der Waals surface area contributed by atoms with E-state index in [2.05, 4.69) is 19.2 Å². The number of nitrogens with one attached hydrogen (secondary N) is 1. The molecule has 42 heavy (non-hydrogen) atoms. The van der Waals surface area contributed by atoms with Crippen LogP contribution in [-0.2, 0) is 26.2 Å². The number of hydrogen-bond acceptors (Lipinski definition) is 5. The molecule has 2 amide bonds. The zero-order valence-electron chi connectivity index (χ0n) is 25.4. The first kappa shape index (κ1) is 32.7. The van der Waals surface area contributed by atoms with Gasteiger partial charge < -0.3 is 15.0 Å². The van der Waals surface area contributed by atoms with Gasteiger partial charge >= 0.3 is 0 Å². The van der Waals surface area contributed by atoms with E-state index in [1.807, 2.05) is 51.1 Å². The van der Waals surface area contributed by atoms with Gasteiger partial charge in [0, 0.05) is 12.6 Å². The molecule has 3 rings (SSSR count). The second-order valence-corrected chi connectivity index (χ2v) is 12.5. The number of rotatable bonds is 14. The Labute approximate surface area is 250 Å². The van der Waals surface area contributed by atoms with Crippen LogP contribution in [0.4, 0.5) is 5.69 Å². The van der Waals surface area contributed by atoms with Gasteiger partial charge in [-0.05, 0) is 73.2 Å². The summed E-state index contributed by atoms with van der Waals surface area (Å²) in [5.74, 6) is 0.112. The quantitative estimate of drug-likeness (QED) is 0.257. The third-order valence-corrected chi connectivity index (χ3v) is 9.12. The molecule has 1 N–H and O–H groups in total. The molecule has 0 bridgehead atoms. The van der Waals surface area contributed by atoms with Gasteiger partial charge in [-0.2, -0.15) is 0 Å². The van der Waals surface area contributed by atoms with Gasteiger partial charge in [0.25, 0.3) is 10.0 Å². The van der Waals surface area contributed by atoms with Crippen LogP contribution in [0.15, 0.2) is 83.8 Å². The van der Waals surface area contributed by atoms with Crippen molar-refractivity contribution in [1.82, 2.24) is 10.2 Å². The van der Waals surface area contributed by atoms with Crippen molar-refractivity contribution < 1.29 is 22.7 Å². The largest absolute Gasteiger partial charge is 0.497 e. The lowest BCUT2D eigenvalue weighted by Gasteiger charge is -2.33. The van der Waals surface area contributed by atoms with E-state index in [0.717, 1.165) is 21.9 Å². The van der Waals surface area contributed by atoms with Crippen LogP contribution in [0.25, 0.3) is 0 Å². The molecule has 0 aliphatic heterocycles. The molecule has 3 aromatic rings. The van der Waals surface area contributed by atoms with Crippen LogP contribution >= 0.6 is 0 Å². The van der Waals surface area contributed by atoms with Crippen molar-refractivity contribution >= 4 is 27.5 Å². The highest BCUT2D eigenvalue weighted by Gasteiger charge is 2.34. The van der Waals surface area contributed by atoms with E-state index in [1.54, 1.807) is 43.5 Å². The lowest BCUT2D eigenvalue weighted by atomic mass is 10.0. The van der Waals surface area contributed by atoms with Crippen molar-refractivity contribution in [1.29, 1.82) is 0 Å². The minimum absolute atomic E-state index is 0.0743. The molecule has 3 aromatic carbocycles. The predicted molar refractivity (Wildman–Crippen MR) is 167 cm³/mol. The monoisotopic (exact) mass is 593 g/mol. The maximum absolute atomic E-state index is 14.2. The van der Waals surface area contributed by atoms with Crippen molar-refractivity contribution in [2.75, 3.05) is 18.0 Å². The highest BCUT2D eigenvalue weighted by atomic mass is 32.2. The highest BCUT2D eigenvalue weighted by Crippen LogP contribution is 2.27. The summed E-state index contributed by atoms with van der Waals surface area (Å²) >= 11 is 0. The number of amides is 2. The number of benzene rings is 3. The first-order valence-electron chi connectivity index (χ1n) is 14.4. The minimum atomic E-state index is -4.11. The summed E-state index contributed by atoms with van der Waals surface area (Å²) < 4.78 is 34.4. The van der Waals surface area contributed by atoms with Crippen LogP contribution < -0.4 is 14.4 Å². The third-order valence-electron chi connectivity index (χ3n) is 7.33. The van der Waals surface area contributed by atoms with E-state index < -0.39 is 28.5 Å². The molecule has 0 aromatic heterocycles. The Balaban J connectivity index is 2.07. The molecule has 8 nitrogen and oxygen atoms in total. The molecule has 0 aliphatic rings. The Morgan fingerprint density at radius 2 is 1.55 bits per heavy atom. The van der Waals surface area contributed by atoms with E-state index in [9.17, 15) is 18.0 Å². The Morgan fingerprint density at radius 3 is 2.12 bits per heavy atom. The van der Waals surface area contributed by atoms with Crippen molar-refractivity contribution in [3.63, 3.8) is 0 Å². The molecular formula is C33H43N3O5S. The molecule has 0 radical (unpaired) electrons. The summed E-state index contributed by atoms with van der Waals surface area (Å²) in [6, 6.07) is 21.7. The SMILES string of the molecule is CC[C@@H](C)NC(=O)[C@@H](CC)N(Cc1cccc(OC)c1)C(=O)CN(c1ccc(C(C)C)cc1)S(=O)(=O)c1ccccc1. The summed E-state index contributed by atoms with van der Waals surface area (Å²) in [7, 11) is -2.55. The van der Waals surface area contributed by atoms with Crippen molar-refractivity contribution in [3.8, 4) is 5.75 Å². The summed E-state index contributed by atoms with van der Waals surface area (Å²) in [5.41, 5.74) is 2.18. The fourth-order valence-electron chi connectivity index (χ4n) is 4.60. The first-order chi connectivity index (χ1) is 20.0. The fraction of sp³-hybridized carbons (Fsp3) is 0.394. The van der Waals surface area contributed by atoms with Crippen LogP contribution in [0.2, 0.25) is 0 Å². The summed E-state index contributed by atoms with van der Waals surface area (Å²) in [6.45, 7) is 9.47. The van der Waals surface area contributed by atoms with Crippen LogP contribution in [0, 0.1) is 0 Å². The molecule has 9 heteroatoms. The van der Waals surface area contributed by atoms with Crippen molar-refractivity contribution in [2.24, 2.45) is 0 Å². The molecule has 0 spiro atoms. The lowest BCUT2D eigenvalue weighted by Crippen LogP contribution is -2.53. The molecule has 0 aliphatic carbocycles. The molecular weight excluding hydrogens is 550 g/mol. The normalized spacial score (nSPS) is 12.8. The molecule has 0 unspecified atom stereocenters.